The van der Waals surface area contributed by atoms with Gasteiger partial charge in [-0.15, -0.1) is 0 Å². The minimum Gasteiger partial charge on any atom is -0.457 e. The van der Waals surface area contributed by atoms with Crippen LogP contribution in [0.5, 0.6) is 11.5 Å². The van der Waals surface area contributed by atoms with Crippen LogP contribution >= 0.6 is 0 Å². The maximum atomic E-state index is 13.5. The molecule has 1 saturated heterocycles. The minimum absolute atomic E-state index is 0.0330. The Labute approximate surface area is 280 Å². The van der Waals surface area contributed by atoms with Gasteiger partial charge in [0.2, 0.25) is 0 Å². The Hall–Kier alpha value is -5.42. The molecule has 1 aliphatic rings. The Morgan fingerprint density at radius 3 is 2.33 bits per heavy atom. The molecule has 0 saturated carbocycles. The SMILES string of the molecule is Cc1ccc(-n2nc(C(C)(C)C)cc2NC(=O)Nc2ccc(Oc3ccnc(N(C(N)=O)C4CCN(C)CC4)c3)c3ccccc23)cc1. The lowest BCUT2D eigenvalue weighted by molar-refractivity contribution is 0.232. The number of anilines is 3. The second-order valence-electron chi connectivity index (χ2n) is 13.3. The van der Waals surface area contributed by atoms with Crippen molar-refractivity contribution >= 4 is 40.2 Å². The molecule has 4 amide bonds. The quantitative estimate of drug-likeness (QED) is 0.168. The Balaban J connectivity index is 1.24. The summed E-state index contributed by atoms with van der Waals surface area (Å²) < 4.78 is 8.12. The summed E-state index contributed by atoms with van der Waals surface area (Å²) >= 11 is 0. The third-order valence-electron chi connectivity index (χ3n) is 8.61. The van der Waals surface area contributed by atoms with Crippen LogP contribution in [0.25, 0.3) is 16.5 Å². The van der Waals surface area contributed by atoms with E-state index in [-0.39, 0.29) is 11.5 Å². The van der Waals surface area contributed by atoms with Gasteiger partial charge in [0.25, 0.3) is 0 Å². The second-order valence-corrected chi connectivity index (χ2v) is 13.3. The number of carbonyl (C=O) groups excluding carboxylic acids is 2. The van der Waals surface area contributed by atoms with E-state index in [0.717, 1.165) is 53.6 Å². The van der Waals surface area contributed by atoms with Gasteiger partial charge in [-0.05, 0) is 70.2 Å². The number of piperidine rings is 1. The zero-order chi connectivity index (χ0) is 34.0. The van der Waals surface area contributed by atoms with Crippen molar-refractivity contribution in [2.24, 2.45) is 5.73 Å². The number of hydrogen-bond acceptors (Lipinski definition) is 6. The van der Waals surface area contributed by atoms with Crippen molar-refractivity contribution in [1.82, 2.24) is 19.7 Å². The zero-order valence-electron chi connectivity index (χ0n) is 28.0. The molecule has 5 aromatic rings. The fourth-order valence-corrected chi connectivity index (χ4v) is 5.91. The highest BCUT2D eigenvalue weighted by atomic mass is 16.5. The predicted molar refractivity (Wildman–Crippen MR) is 190 cm³/mol. The molecule has 11 nitrogen and oxygen atoms in total. The monoisotopic (exact) mass is 646 g/mol. The largest absolute Gasteiger partial charge is 0.457 e. The number of primary amides is 1. The first-order valence-electron chi connectivity index (χ1n) is 16.1. The van der Waals surface area contributed by atoms with Crippen molar-refractivity contribution in [3.05, 3.63) is 96.3 Å². The van der Waals surface area contributed by atoms with E-state index in [4.69, 9.17) is 15.6 Å². The Morgan fingerprint density at radius 1 is 0.938 bits per heavy atom. The van der Waals surface area contributed by atoms with Gasteiger partial charge in [0.1, 0.15) is 23.1 Å². The van der Waals surface area contributed by atoms with Gasteiger partial charge in [-0.2, -0.15) is 5.10 Å². The number of nitrogens with two attached hydrogens (primary N) is 1. The van der Waals surface area contributed by atoms with E-state index in [1.54, 1.807) is 27.9 Å². The summed E-state index contributed by atoms with van der Waals surface area (Å²) in [5, 5.41) is 12.4. The third-order valence-corrected chi connectivity index (χ3v) is 8.61. The molecule has 1 aliphatic heterocycles. The van der Waals surface area contributed by atoms with Crippen molar-refractivity contribution in [3.63, 3.8) is 0 Å². The van der Waals surface area contributed by atoms with Gasteiger partial charge in [-0.25, -0.2) is 19.3 Å². The number of ether oxygens (including phenoxy) is 1. The molecular weight excluding hydrogens is 604 g/mol. The number of benzene rings is 3. The molecular formula is C37H42N8O3. The van der Waals surface area contributed by atoms with Crippen LogP contribution < -0.4 is 26.0 Å². The van der Waals surface area contributed by atoms with E-state index in [1.807, 2.05) is 73.7 Å². The second kappa shape index (κ2) is 13.4. The highest BCUT2D eigenvalue weighted by Crippen LogP contribution is 2.36. The van der Waals surface area contributed by atoms with E-state index < -0.39 is 12.1 Å². The molecule has 0 unspecified atom stereocenters. The van der Waals surface area contributed by atoms with Crippen LogP contribution in [0.2, 0.25) is 0 Å². The van der Waals surface area contributed by atoms with Crippen LogP contribution in [0.1, 0.15) is 44.9 Å². The van der Waals surface area contributed by atoms with E-state index in [0.29, 0.717) is 28.8 Å². The van der Waals surface area contributed by atoms with E-state index in [2.05, 4.69) is 48.3 Å². The molecule has 0 atom stereocenters. The number of aryl methyl sites for hydroxylation is 1. The summed E-state index contributed by atoms with van der Waals surface area (Å²) in [7, 11) is 2.07. The van der Waals surface area contributed by atoms with Gasteiger partial charge in [0.05, 0.1) is 17.1 Å². The Morgan fingerprint density at radius 2 is 1.65 bits per heavy atom. The lowest BCUT2D eigenvalue weighted by atomic mass is 9.92. The number of pyridine rings is 1. The molecule has 4 N–H and O–H groups in total. The van der Waals surface area contributed by atoms with Crippen LogP contribution in [0.3, 0.4) is 0 Å². The van der Waals surface area contributed by atoms with Gasteiger partial charge in [-0.3, -0.25) is 10.2 Å². The number of rotatable bonds is 7. The smallest absolute Gasteiger partial charge is 0.324 e. The average Bonchev–Trinajstić information content (AvgIpc) is 3.48. The van der Waals surface area contributed by atoms with Crippen molar-refractivity contribution < 1.29 is 14.3 Å². The number of nitrogens with one attached hydrogen (secondary N) is 2. The van der Waals surface area contributed by atoms with Crippen molar-refractivity contribution in [1.29, 1.82) is 0 Å². The molecule has 248 valence electrons. The van der Waals surface area contributed by atoms with E-state index in [1.165, 1.54) is 0 Å². The molecule has 11 heteroatoms. The summed E-state index contributed by atoms with van der Waals surface area (Å²) in [5.74, 6) is 2.12. The van der Waals surface area contributed by atoms with Gasteiger partial charge >= 0.3 is 12.1 Å². The van der Waals surface area contributed by atoms with Crippen LogP contribution in [0.4, 0.5) is 26.9 Å². The van der Waals surface area contributed by atoms with Crippen molar-refractivity contribution in [2.45, 2.75) is 52.0 Å². The Bertz CT molecular complexity index is 1940. The van der Waals surface area contributed by atoms with Crippen LogP contribution in [0, 0.1) is 6.92 Å². The molecule has 3 heterocycles. The fraction of sp³-hybridized carbons (Fsp3) is 0.297. The van der Waals surface area contributed by atoms with Crippen LogP contribution in [-0.4, -0.2) is 57.9 Å². The summed E-state index contributed by atoms with van der Waals surface area (Å²) in [6, 6.07) is 23.7. The fourth-order valence-electron chi connectivity index (χ4n) is 5.91. The standard InChI is InChI=1S/C37H42N8O3/c1-24-10-12-26(13-11-24)45-34(23-32(42-45)37(2,3)4)41-36(47)40-30-14-15-31(29-9-7-6-8-28(29)30)48-27-16-19-39-33(22-27)44(35(38)46)25-17-20-43(5)21-18-25/h6-16,19,22-23,25H,17-18,20-21H2,1-5H3,(H2,38,46)(H2,40,41,47). The highest BCUT2D eigenvalue weighted by Gasteiger charge is 2.28. The molecule has 0 spiro atoms. The normalized spacial score (nSPS) is 14.1. The molecule has 3 aromatic carbocycles. The topological polar surface area (TPSA) is 131 Å². The average molecular weight is 647 g/mol. The van der Waals surface area contributed by atoms with Gasteiger partial charge in [-0.1, -0.05) is 62.7 Å². The number of nitrogens with zero attached hydrogens (tertiary/aromatic N) is 5. The number of amides is 4. The number of urea groups is 2. The van der Waals surface area contributed by atoms with Crippen molar-refractivity contribution in [2.75, 3.05) is 35.7 Å². The number of aromatic nitrogens is 3. The first-order valence-corrected chi connectivity index (χ1v) is 16.1. The molecule has 0 radical (unpaired) electrons. The van der Waals surface area contributed by atoms with Gasteiger partial charge in [0, 0.05) is 40.6 Å². The van der Waals surface area contributed by atoms with Crippen LogP contribution in [0.15, 0.2) is 85.1 Å². The van der Waals surface area contributed by atoms with Gasteiger partial charge < -0.3 is 20.7 Å². The lowest BCUT2D eigenvalue weighted by Crippen LogP contribution is -2.49. The number of likely N-dealkylation sites (tertiary alicyclic amines) is 1. The molecule has 0 aliphatic carbocycles. The highest BCUT2D eigenvalue weighted by molar-refractivity contribution is 6.07. The number of carbonyl (C=O) groups is 2. The molecule has 0 bridgehead atoms. The third kappa shape index (κ3) is 7.11. The van der Waals surface area contributed by atoms with Crippen LogP contribution in [-0.2, 0) is 5.41 Å². The lowest BCUT2D eigenvalue weighted by Gasteiger charge is -2.35. The number of hydrogen-bond donors (Lipinski definition) is 3. The minimum atomic E-state index is -0.537. The number of fused-ring (bicyclic) bond motifs is 1. The van der Waals surface area contributed by atoms with E-state index >= 15 is 0 Å². The summed E-state index contributed by atoms with van der Waals surface area (Å²) in [6.45, 7) is 10.1. The summed E-state index contributed by atoms with van der Waals surface area (Å²) in [6.07, 6.45) is 3.24. The predicted octanol–water partition coefficient (Wildman–Crippen LogP) is 7.44. The molecule has 1 fully saturated rings. The maximum Gasteiger partial charge on any atom is 0.324 e. The summed E-state index contributed by atoms with van der Waals surface area (Å²) in [4.78, 5) is 34.2. The maximum absolute atomic E-state index is 13.5. The Kier molecular flexibility index (Phi) is 9.05. The van der Waals surface area contributed by atoms with Crippen molar-refractivity contribution in [3.8, 4) is 17.2 Å². The zero-order valence-corrected chi connectivity index (χ0v) is 28.0. The first-order chi connectivity index (χ1) is 23.0. The molecule has 48 heavy (non-hydrogen) atoms. The van der Waals surface area contributed by atoms with E-state index in [9.17, 15) is 9.59 Å². The van der Waals surface area contributed by atoms with Gasteiger partial charge in [0.15, 0.2) is 0 Å². The molecule has 6 rings (SSSR count). The first kappa shape index (κ1) is 32.5. The summed E-state index contributed by atoms with van der Waals surface area (Å²) in [5.41, 5.74) is 9.07. The molecule has 2 aromatic heterocycles.